The third kappa shape index (κ3) is 2.83. The molecule has 13 heavy (non-hydrogen) atoms. The molecule has 0 spiro atoms. The predicted molar refractivity (Wildman–Crippen MR) is 53.4 cm³/mol. The molecule has 0 heterocycles. The summed E-state index contributed by atoms with van der Waals surface area (Å²) >= 11 is 5.89. The summed E-state index contributed by atoms with van der Waals surface area (Å²) in [6, 6.07) is 7.35. The smallest absolute Gasteiger partial charge is 0.0875 e. The number of nitrogens with two attached hydrogens (primary N) is 1. The van der Waals surface area contributed by atoms with Gasteiger partial charge in [-0.25, -0.2) is 4.39 Å². The number of hydrogen-bond donors (Lipinski definition) is 1. The van der Waals surface area contributed by atoms with Crippen molar-refractivity contribution in [2.45, 2.75) is 6.42 Å². The highest BCUT2D eigenvalue weighted by Gasteiger charge is 2.01. The minimum absolute atomic E-state index is 0.224. The van der Waals surface area contributed by atoms with Crippen LogP contribution in [0.4, 0.5) is 4.39 Å². The van der Waals surface area contributed by atoms with Crippen LogP contribution in [-0.4, -0.2) is 6.54 Å². The Hall–Kier alpha value is -0.860. The summed E-state index contributed by atoms with van der Waals surface area (Å²) in [7, 11) is 0. The van der Waals surface area contributed by atoms with E-state index in [-0.39, 0.29) is 6.54 Å². The van der Waals surface area contributed by atoms with Gasteiger partial charge in [0.25, 0.3) is 0 Å². The van der Waals surface area contributed by atoms with E-state index in [9.17, 15) is 4.39 Å². The third-order valence-corrected chi connectivity index (χ3v) is 2.16. The molecular formula is C10H11ClFN. The fourth-order valence-corrected chi connectivity index (χ4v) is 1.24. The molecular weight excluding hydrogens is 189 g/mol. The maximum absolute atomic E-state index is 12.2. The van der Waals surface area contributed by atoms with E-state index in [1.807, 2.05) is 18.2 Å². The quantitative estimate of drug-likeness (QED) is 0.796. The molecule has 0 aliphatic heterocycles. The Labute approximate surface area is 82.0 Å². The molecule has 0 saturated heterocycles. The van der Waals surface area contributed by atoms with Gasteiger partial charge in [-0.05, 0) is 23.6 Å². The van der Waals surface area contributed by atoms with Crippen LogP contribution in [0.25, 0.3) is 0 Å². The minimum Gasteiger partial charge on any atom is -0.327 e. The van der Waals surface area contributed by atoms with Crippen molar-refractivity contribution in [1.29, 1.82) is 0 Å². The van der Waals surface area contributed by atoms with Gasteiger partial charge in [0.2, 0.25) is 0 Å². The molecule has 1 nitrogen and oxygen atoms in total. The molecule has 0 bridgehead atoms. The lowest BCUT2D eigenvalue weighted by Crippen LogP contribution is -2.05. The van der Waals surface area contributed by atoms with Crippen molar-refractivity contribution >= 4 is 11.6 Å². The van der Waals surface area contributed by atoms with E-state index in [0.717, 1.165) is 5.56 Å². The van der Waals surface area contributed by atoms with E-state index in [4.69, 9.17) is 17.3 Å². The summed E-state index contributed by atoms with van der Waals surface area (Å²) in [5.41, 5.74) is 6.78. The number of halogens is 2. The van der Waals surface area contributed by atoms with Crippen LogP contribution in [0.15, 0.2) is 36.2 Å². The van der Waals surface area contributed by atoms with Gasteiger partial charge in [-0.15, -0.1) is 0 Å². The monoisotopic (exact) mass is 199 g/mol. The first-order valence-electron chi connectivity index (χ1n) is 3.99. The maximum Gasteiger partial charge on any atom is 0.0875 e. The molecule has 1 rings (SSSR count). The molecule has 0 aliphatic carbocycles. The van der Waals surface area contributed by atoms with Crippen LogP contribution in [0, 0.1) is 0 Å². The molecule has 0 atom stereocenters. The van der Waals surface area contributed by atoms with Crippen molar-refractivity contribution in [2.75, 3.05) is 6.54 Å². The van der Waals surface area contributed by atoms with E-state index in [1.54, 1.807) is 6.07 Å². The highest BCUT2D eigenvalue weighted by atomic mass is 35.5. The zero-order valence-corrected chi connectivity index (χ0v) is 7.89. The number of benzene rings is 1. The second kappa shape index (κ2) is 5.00. The van der Waals surface area contributed by atoms with E-state index in [1.165, 1.54) is 0 Å². The van der Waals surface area contributed by atoms with Gasteiger partial charge in [-0.2, -0.15) is 0 Å². The van der Waals surface area contributed by atoms with Gasteiger partial charge in [-0.3, -0.25) is 0 Å². The van der Waals surface area contributed by atoms with E-state index < -0.39 is 0 Å². The van der Waals surface area contributed by atoms with Gasteiger partial charge in [-0.1, -0.05) is 29.8 Å². The molecule has 70 valence electrons. The second-order valence-corrected chi connectivity index (χ2v) is 3.15. The number of rotatable bonds is 3. The Morgan fingerprint density at radius 2 is 2.15 bits per heavy atom. The fourth-order valence-electron chi connectivity index (χ4n) is 1.04. The first kappa shape index (κ1) is 10.2. The highest BCUT2D eigenvalue weighted by Crippen LogP contribution is 2.18. The Bertz CT molecular complexity index is 310. The lowest BCUT2D eigenvalue weighted by molar-refractivity contribution is 0.699. The van der Waals surface area contributed by atoms with Crippen LogP contribution in [0.5, 0.6) is 0 Å². The zero-order valence-electron chi connectivity index (χ0n) is 7.13. The van der Waals surface area contributed by atoms with Crippen molar-refractivity contribution in [1.82, 2.24) is 0 Å². The van der Waals surface area contributed by atoms with Crippen molar-refractivity contribution in [3.8, 4) is 0 Å². The summed E-state index contributed by atoms with van der Waals surface area (Å²) in [5, 5.41) is 0.648. The Kier molecular flexibility index (Phi) is 3.93. The summed E-state index contributed by atoms with van der Waals surface area (Å²) in [5.74, 6) is 0. The lowest BCUT2D eigenvalue weighted by Gasteiger charge is -2.04. The van der Waals surface area contributed by atoms with Crippen LogP contribution in [0.1, 0.15) is 5.56 Å². The van der Waals surface area contributed by atoms with Gasteiger partial charge >= 0.3 is 0 Å². The molecule has 0 saturated carbocycles. The van der Waals surface area contributed by atoms with Crippen LogP contribution in [-0.2, 0) is 6.42 Å². The van der Waals surface area contributed by atoms with E-state index in [2.05, 4.69) is 0 Å². The molecule has 0 aliphatic rings. The zero-order chi connectivity index (χ0) is 9.68. The Morgan fingerprint density at radius 3 is 2.69 bits per heavy atom. The number of hydrogen-bond acceptors (Lipinski definition) is 1. The van der Waals surface area contributed by atoms with E-state index in [0.29, 0.717) is 23.3 Å². The van der Waals surface area contributed by atoms with Crippen molar-refractivity contribution in [3.05, 3.63) is 46.8 Å². The maximum atomic E-state index is 12.2. The van der Waals surface area contributed by atoms with Gasteiger partial charge in [0, 0.05) is 11.6 Å². The molecule has 0 unspecified atom stereocenters. The average Bonchev–Trinajstić information content (AvgIpc) is 2.17. The average molecular weight is 200 g/mol. The molecule has 3 heteroatoms. The Balaban J connectivity index is 2.80. The summed E-state index contributed by atoms with van der Waals surface area (Å²) in [4.78, 5) is 0. The van der Waals surface area contributed by atoms with Crippen LogP contribution in [0.2, 0.25) is 5.02 Å². The molecule has 1 aromatic carbocycles. The Morgan fingerprint density at radius 1 is 1.46 bits per heavy atom. The first-order chi connectivity index (χ1) is 6.27. The van der Waals surface area contributed by atoms with Crippen LogP contribution in [0.3, 0.4) is 0 Å². The van der Waals surface area contributed by atoms with Crippen molar-refractivity contribution in [2.24, 2.45) is 5.73 Å². The molecule has 0 radical (unpaired) electrons. The SMILES string of the molecule is NCC(=CF)Cc1ccccc1Cl. The largest absolute Gasteiger partial charge is 0.327 e. The normalized spacial score (nSPS) is 11.8. The second-order valence-electron chi connectivity index (χ2n) is 2.74. The highest BCUT2D eigenvalue weighted by molar-refractivity contribution is 6.31. The molecule has 0 aromatic heterocycles. The van der Waals surface area contributed by atoms with Crippen LogP contribution >= 0.6 is 11.6 Å². The molecule has 0 amide bonds. The van der Waals surface area contributed by atoms with Gasteiger partial charge < -0.3 is 5.73 Å². The van der Waals surface area contributed by atoms with Gasteiger partial charge in [0.15, 0.2) is 0 Å². The topological polar surface area (TPSA) is 26.0 Å². The van der Waals surface area contributed by atoms with Gasteiger partial charge in [0.05, 0.1) is 6.33 Å². The van der Waals surface area contributed by atoms with E-state index >= 15 is 0 Å². The summed E-state index contributed by atoms with van der Waals surface area (Å²) in [6.45, 7) is 0.224. The molecule has 1 aromatic rings. The molecule has 2 N–H and O–H groups in total. The summed E-state index contributed by atoms with van der Waals surface area (Å²) < 4.78 is 12.2. The van der Waals surface area contributed by atoms with Crippen molar-refractivity contribution < 1.29 is 4.39 Å². The standard InChI is InChI=1S/C10H11ClFN/c11-10-4-2-1-3-9(10)5-8(6-12)7-13/h1-4,6H,5,7,13H2. The third-order valence-electron chi connectivity index (χ3n) is 1.79. The minimum atomic E-state index is 0.224. The first-order valence-corrected chi connectivity index (χ1v) is 4.37. The van der Waals surface area contributed by atoms with Crippen molar-refractivity contribution in [3.63, 3.8) is 0 Å². The summed E-state index contributed by atoms with van der Waals surface area (Å²) in [6.07, 6.45) is 1.02. The molecule has 0 fully saturated rings. The predicted octanol–water partition coefficient (Wildman–Crippen LogP) is 2.69. The lowest BCUT2D eigenvalue weighted by atomic mass is 10.1. The fraction of sp³-hybridized carbons (Fsp3) is 0.200. The van der Waals surface area contributed by atoms with Crippen LogP contribution < -0.4 is 5.73 Å². The van der Waals surface area contributed by atoms with Gasteiger partial charge in [0.1, 0.15) is 0 Å².